The lowest BCUT2D eigenvalue weighted by atomic mass is 10.3. The van der Waals surface area contributed by atoms with Gasteiger partial charge in [0, 0.05) is 5.92 Å². The molecule has 0 aliphatic heterocycles. The number of furan rings is 1. The van der Waals surface area contributed by atoms with Gasteiger partial charge in [0.1, 0.15) is 5.82 Å². The number of aromatic amines is 1. The fourth-order valence-corrected chi connectivity index (χ4v) is 1.59. The summed E-state index contributed by atoms with van der Waals surface area (Å²) in [4.78, 5) is 4.36. The molecule has 0 radical (unpaired) electrons. The van der Waals surface area contributed by atoms with Gasteiger partial charge in [-0.1, -0.05) is 0 Å². The van der Waals surface area contributed by atoms with Crippen molar-refractivity contribution in [2.45, 2.75) is 18.8 Å². The lowest BCUT2D eigenvalue weighted by molar-refractivity contribution is 0.570. The van der Waals surface area contributed by atoms with Crippen LogP contribution in [0.5, 0.6) is 0 Å². The summed E-state index contributed by atoms with van der Waals surface area (Å²) >= 11 is 5.82. The Balaban J connectivity index is 1.99. The normalized spacial score (nSPS) is 16.1. The van der Waals surface area contributed by atoms with Gasteiger partial charge in [-0.25, -0.2) is 4.98 Å². The molecule has 2 aromatic rings. The molecule has 0 aromatic carbocycles. The molecule has 3 rings (SSSR count). The third-order valence-corrected chi connectivity index (χ3v) is 2.62. The highest BCUT2D eigenvalue weighted by Gasteiger charge is 2.27. The maximum Gasteiger partial charge on any atom is 0.204 e. The molecule has 1 aliphatic carbocycles. The first-order valence-electron chi connectivity index (χ1n) is 4.50. The Morgan fingerprint density at radius 3 is 3.00 bits per heavy atom. The van der Waals surface area contributed by atoms with Crippen molar-refractivity contribution in [1.82, 2.24) is 15.2 Å². The second-order valence-electron chi connectivity index (χ2n) is 3.43. The number of nitrogens with zero attached hydrogens (tertiary/aromatic N) is 2. The minimum Gasteiger partial charge on any atom is -0.452 e. The summed E-state index contributed by atoms with van der Waals surface area (Å²) in [5, 5.41) is 7.36. The van der Waals surface area contributed by atoms with Gasteiger partial charge in [0.15, 0.2) is 5.82 Å². The van der Waals surface area contributed by atoms with Crippen molar-refractivity contribution in [3.8, 4) is 11.4 Å². The molecule has 0 atom stereocenters. The molecule has 72 valence electrons. The summed E-state index contributed by atoms with van der Waals surface area (Å²) < 4.78 is 4.98. The zero-order valence-electron chi connectivity index (χ0n) is 7.33. The summed E-state index contributed by atoms with van der Waals surface area (Å²) in [5.74, 6) is 2.14. The Morgan fingerprint density at radius 1 is 1.50 bits per heavy atom. The van der Waals surface area contributed by atoms with E-state index in [1.165, 1.54) is 19.1 Å². The van der Waals surface area contributed by atoms with Crippen LogP contribution >= 0.6 is 11.6 Å². The summed E-state index contributed by atoms with van der Waals surface area (Å²) in [5.41, 5.74) is 0.745. The summed E-state index contributed by atoms with van der Waals surface area (Å²) in [6.45, 7) is 0. The van der Waals surface area contributed by atoms with E-state index in [0.29, 0.717) is 17.0 Å². The van der Waals surface area contributed by atoms with Crippen molar-refractivity contribution in [2.24, 2.45) is 0 Å². The zero-order chi connectivity index (χ0) is 9.54. The average molecular weight is 210 g/mol. The predicted octanol–water partition coefficient (Wildman–Crippen LogP) is 2.60. The molecular formula is C9H8ClN3O. The van der Waals surface area contributed by atoms with Gasteiger partial charge in [0.05, 0.1) is 11.8 Å². The fraction of sp³-hybridized carbons (Fsp3) is 0.333. The van der Waals surface area contributed by atoms with Gasteiger partial charge >= 0.3 is 0 Å². The number of halogens is 1. The third kappa shape index (κ3) is 1.23. The number of nitrogens with one attached hydrogen (secondary N) is 1. The zero-order valence-corrected chi connectivity index (χ0v) is 8.08. The third-order valence-electron chi connectivity index (χ3n) is 2.33. The molecule has 0 spiro atoms. The topological polar surface area (TPSA) is 54.7 Å². The molecule has 2 aromatic heterocycles. The molecule has 1 N–H and O–H groups in total. The van der Waals surface area contributed by atoms with Gasteiger partial charge in [-0.05, 0) is 30.5 Å². The number of hydrogen-bond donors (Lipinski definition) is 1. The molecule has 4 nitrogen and oxygen atoms in total. The molecule has 0 bridgehead atoms. The molecule has 2 heterocycles. The first-order chi connectivity index (χ1) is 6.84. The van der Waals surface area contributed by atoms with Crippen LogP contribution in [0.15, 0.2) is 16.7 Å². The molecule has 1 fully saturated rings. The largest absolute Gasteiger partial charge is 0.452 e. The van der Waals surface area contributed by atoms with Gasteiger partial charge in [0.2, 0.25) is 5.22 Å². The molecule has 0 amide bonds. The van der Waals surface area contributed by atoms with E-state index in [2.05, 4.69) is 15.2 Å². The van der Waals surface area contributed by atoms with Gasteiger partial charge in [-0.3, -0.25) is 5.10 Å². The summed E-state index contributed by atoms with van der Waals surface area (Å²) in [6, 6.07) is 1.77. The molecule has 14 heavy (non-hydrogen) atoms. The van der Waals surface area contributed by atoms with E-state index in [1.54, 1.807) is 6.07 Å². The Morgan fingerprint density at radius 2 is 2.36 bits per heavy atom. The number of rotatable bonds is 2. The molecule has 1 aliphatic rings. The van der Waals surface area contributed by atoms with E-state index < -0.39 is 0 Å². The quantitative estimate of drug-likeness (QED) is 0.827. The Labute approximate surface area is 85.3 Å². The number of aromatic nitrogens is 3. The van der Waals surface area contributed by atoms with E-state index in [9.17, 15) is 0 Å². The fourth-order valence-electron chi connectivity index (χ4n) is 1.39. The average Bonchev–Trinajstić information content (AvgIpc) is 2.75. The SMILES string of the molecule is Clc1occc1-c1n[nH]c(C2CC2)n1. The maximum atomic E-state index is 5.82. The van der Waals surface area contributed by atoms with Crippen LogP contribution in [0.1, 0.15) is 24.6 Å². The second kappa shape index (κ2) is 2.85. The minimum absolute atomic E-state index is 0.339. The van der Waals surface area contributed by atoms with Gasteiger partial charge < -0.3 is 4.42 Å². The van der Waals surface area contributed by atoms with Crippen molar-refractivity contribution in [3.63, 3.8) is 0 Å². The van der Waals surface area contributed by atoms with Crippen LogP contribution in [0.3, 0.4) is 0 Å². The Kier molecular flexibility index (Phi) is 1.64. The van der Waals surface area contributed by atoms with Crippen molar-refractivity contribution >= 4 is 11.6 Å². The highest BCUT2D eigenvalue weighted by atomic mass is 35.5. The molecule has 0 unspecified atom stereocenters. The van der Waals surface area contributed by atoms with Crippen molar-refractivity contribution < 1.29 is 4.42 Å². The molecule has 0 saturated heterocycles. The second-order valence-corrected chi connectivity index (χ2v) is 3.77. The smallest absolute Gasteiger partial charge is 0.204 e. The highest BCUT2D eigenvalue weighted by Crippen LogP contribution is 2.38. The highest BCUT2D eigenvalue weighted by molar-refractivity contribution is 6.31. The lowest BCUT2D eigenvalue weighted by Gasteiger charge is -1.87. The number of hydrogen-bond acceptors (Lipinski definition) is 3. The van der Waals surface area contributed by atoms with Gasteiger partial charge in [0.25, 0.3) is 0 Å². The standard InChI is InChI=1S/C9H8ClN3O/c10-7-6(3-4-14-7)9-11-8(12-13-9)5-1-2-5/h3-5H,1-2H2,(H,11,12,13). The molecule has 5 heteroatoms. The molecular weight excluding hydrogens is 202 g/mol. The maximum absolute atomic E-state index is 5.82. The first kappa shape index (κ1) is 8.05. The monoisotopic (exact) mass is 209 g/mol. The van der Waals surface area contributed by atoms with Crippen molar-refractivity contribution in [2.75, 3.05) is 0 Å². The van der Waals surface area contributed by atoms with E-state index >= 15 is 0 Å². The van der Waals surface area contributed by atoms with Crippen LogP contribution in [-0.2, 0) is 0 Å². The van der Waals surface area contributed by atoms with Crippen LogP contribution in [0.4, 0.5) is 0 Å². The van der Waals surface area contributed by atoms with Crippen LogP contribution in [0.2, 0.25) is 5.22 Å². The predicted molar refractivity (Wildman–Crippen MR) is 51.1 cm³/mol. The van der Waals surface area contributed by atoms with Crippen LogP contribution in [0, 0.1) is 0 Å². The molecule has 1 saturated carbocycles. The van der Waals surface area contributed by atoms with Crippen LogP contribution < -0.4 is 0 Å². The van der Waals surface area contributed by atoms with E-state index in [-0.39, 0.29) is 0 Å². The summed E-state index contributed by atoms with van der Waals surface area (Å²) in [6.07, 6.45) is 3.94. The van der Waals surface area contributed by atoms with E-state index in [1.807, 2.05) is 0 Å². The van der Waals surface area contributed by atoms with E-state index in [0.717, 1.165) is 11.4 Å². The Hall–Kier alpha value is -1.29. The van der Waals surface area contributed by atoms with Crippen LogP contribution in [-0.4, -0.2) is 15.2 Å². The van der Waals surface area contributed by atoms with Gasteiger partial charge in [-0.15, -0.1) is 0 Å². The van der Waals surface area contributed by atoms with Crippen molar-refractivity contribution in [1.29, 1.82) is 0 Å². The minimum atomic E-state index is 0.339. The van der Waals surface area contributed by atoms with Crippen molar-refractivity contribution in [3.05, 3.63) is 23.4 Å². The lowest BCUT2D eigenvalue weighted by Crippen LogP contribution is -1.81. The van der Waals surface area contributed by atoms with E-state index in [4.69, 9.17) is 16.0 Å². The van der Waals surface area contributed by atoms with Gasteiger partial charge in [-0.2, -0.15) is 5.10 Å². The Bertz CT molecular complexity index is 458. The van der Waals surface area contributed by atoms with Crippen LogP contribution in [0.25, 0.3) is 11.4 Å². The first-order valence-corrected chi connectivity index (χ1v) is 4.88. The number of H-pyrrole nitrogens is 1. The summed E-state index contributed by atoms with van der Waals surface area (Å²) in [7, 11) is 0.